The van der Waals surface area contributed by atoms with Gasteiger partial charge in [0.25, 0.3) is 0 Å². The van der Waals surface area contributed by atoms with Gasteiger partial charge >= 0.3 is 0 Å². The monoisotopic (exact) mass is 226 g/mol. The third-order valence-electron chi connectivity index (χ3n) is 3.50. The van der Waals surface area contributed by atoms with Crippen LogP contribution < -0.4 is 0 Å². The summed E-state index contributed by atoms with van der Waals surface area (Å²) in [7, 11) is 0. The van der Waals surface area contributed by atoms with Crippen molar-refractivity contribution in [1.82, 2.24) is 0 Å². The highest BCUT2D eigenvalue weighted by molar-refractivity contribution is 6.67. The summed E-state index contributed by atoms with van der Waals surface area (Å²) in [5.41, 5.74) is 0. The Kier molecular flexibility index (Phi) is 2.53. The van der Waals surface area contributed by atoms with E-state index in [0.29, 0.717) is 11.8 Å². The summed E-state index contributed by atoms with van der Waals surface area (Å²) in [6.07, 6.45) is 6.38. The zero-order chi connectivity index (χ0) is 8.77. The van der Waals surface area contributed by atoms with E-state index in [1.807, 2.05) is 0 Å². The van der Waals surface area contributed by atoms with E-state index in [4.69, 9.17) is 34.8 Å². The van der Waals surface area contributed by atoms with Crippen LogP contribution in [0.4, 0.5) is 0 Å². The topological polar surface area (TPSA) is 0 Å². The number of fused-ring (bicyclic) bond motifs is 1. The van der Waals surface area contributed by atoms with Gasteiger partial charge in [-0.15, -0.1) is 0 Å². The smallest absolute Gasteiger partial charge is 0.0834 e. The SMILES string of the molecule is ClC(Cl)(Cl)[C@@H]1CC[C@H]2CCC[C@H]21. The van der Waals surface area contributed by atoms with Crippen molar-refractivity contribution in [3.05, 3.63) is 0 Å². The lowest BCUT2D eigenvalue weighted by atomic mass is 9.93. The van der Waals surface area contributed by atoms with Crippen LogP contribution in [0.15, 0.2) is 0 Å². The second kappa shape index (κ2) is 3.22. The Bertz CT molecular complexity index is 173. The lowest BCUT2D eigenvalue weighted by Crippen LogP contribution is -2.23. The molecule has 0 heterocycles. The Morgan fingerprint density at radius 1 is 0.917 bits per heavy atom. The molecule has 3 atom stereocenters. The van der Waals surface area contributed by atoms with Crippen molar-refractivity contribution in [2.24, 2.45) is 17.8 Å². The van der Waals surface area contributed by atoms with Crippen LogP contribution in [-0.2, 0) is 0 Å². The highest BCUT2D eigenvalue weighted by Crippen LogP contribution is 2.55. The summed E-state index contributed by atoms with van der Waals surface area (Å²) >= 11 is 17.8. The molecular weight excluding hydrogens is 214 g/mol. The fourth-order valence-electron chi connectivity index (χ4n) is 2.97. The second-order valence-corrected chi connectivity index (χ2v) is 6.45. The second-order valence-electron chi connectivity index (χ2n) is 4.08. The summed E-state index contributed by atoms with van der Waals surface area (Å²) in [4.78, 5) is 0. The van der Waals surface area contributed by atoms with Gasteiger partial charge in [-0.1, -0.05) is 47.6 Å². The predicted molar refractivity (Wildman–Crippen MR) is 53.8 cm³/mol. The first-order valence-electron chi connectivity index (χ1n) is 4.66. The molecule has 0 unspecified atom stereocenters. The molecule has 0 aromatic rings. The summed E-state index contributed by atoms with van der Waals surface area (Å²) < 4.78 is -1.01. The zero-order valence-electron chi connectivity index (χ0n) is 6.90. The highest BCUT2D eigenvalue weighted by Gasteiger charge is 2.47. The van der Waals surface area contributed by atoms with E-state index in [2.05, 4.69) is 0 Å². The molecule has 2 rings (SSSR count). The Morgan fingerprint density at radius 3 is 2.33 bits per heavy atom. The van der Waals surface area contributed by atoms with Crippen molar-refractivity contribution in [1.29, 1.82) is 0 Å². The van der Waals surface area contributed by atoms with Crippen LogP contribution in [-0.4, -0.2) is 3.79 Å². The van der Waals surface area contributed by atoms with E-state index in [-0.39, 0.29) is 0 Å². The summed E-state index contributed by atoms with van der Waals surface area (Å²) in [5.74, 6) is 1.90. The molecule has 12 heavy (non-hydrogen) atoms. The van der Waals surface area contributed by atoms with Crippen LogP contribution in [0.3, 0.4) is 0 Å². The van der Waals surface area contributed by atoms with Gasteiger partial charge in [0.1, 0.15) is 0 Å². The van der Waals surface area contributed by atoms with Gasteiger partial charge in [0.2, 0.25) is 0 Å². The number of alkyl halides is 3. The minimum absolute atomic E-state index is 0.329. The van der Waals surface area contributed by atoms with Crippen LogP contribution in [0.5, 0.6) is 0 Å². The van der Waals surface area contributed by atoms with Crippen molar-refractivity contribution in [2.45, 2.75) is 35.9 Å². The van der Waals surface area contributed by atoms with E-state index < -0.39 is 3.79 Å². The molecule has 2 aliphatic rings. The fourth-order valence-corrected chi connectivity index (χ4v) is 3.78. The number of hydrogen-bond acceptors (Lipinski definition) is 0. The summed E-state index contributed by atoms with van der Waals surface area (Å²) in [6.45, 7) is 0. The first kappa shape index (κ1) is 9.43. The molecule has 70 valence electrons. The summed E-state index contributed by atoms with van der Waals surface area (Å²) in [5, 5.41) is 0. The standard InChI is InChI=1S/C9H13Cl3/c10-9(11,12)8-5-4-6-2-1-3-7(6)8/h6-8H,1-5H2/t6-,7-,8-/m1/s1. The van der Waals surface area contributed by atoms with Gasteiger partial charge in [-0.3, -0.25) is 0 Å². The van der Waals surface area contributed by atoms with E-state index in [0.717, 1.165) is 12.3 Å². The maximum atomic E-state index is 5.94. The van der Waals surface area contributed by atoms with Crippen LogP contribution in [0.25, 0.3) is 0 Å². The minimum atomic E-state index is -1.01. The molecule has 0 radical (unpaired) electrons. The average Bonchev–Trinajstić information content (AvgIpc) is 2.37. The zero-order valence-corrected chi connectivity index (χ0v) is 9.17. The molecule has 2 aliphatic carbocycles. The third kappa shape index (κ3) is 1.58. The van der Waals surface area contributed by atoms with Gasteiger partial charge in [0, 0.05) is 5.92 Å². The molecular formula is C9H13Cl3. The van der Waals surface area contributed by atoms with Crippen LogP contribution in [0, 0.1) is 17.8 Å². The van der Waals surface area contributed by atoms with Crippen molar-refractivity contribution in [3.63, 3.8) is 0 Å². The Labute approximate surface area is 88.6 Å². The lowest BCUT2D eigenvalue weighted by molar-refractivity contribution is 0.357. The van der Waals surface area contributed by atoms with E-state index >= 15 is 0 Å². The average molecular weight is 228 g/mol. The fraction of sp³-hybridized carbons (Fsp3) is 1.00. The molecule has 0 aliphatic heterocycles. The Hall–Kier alpha value is 0.870. The van der Waals surface area contributed by atoms with Gasteiger partial charge in [-0.25, -0.2) is 0 Å². The molecule has 0 N–H and O–H groups in total. The molecule has 2 saturated carbocycles. The number of rotatable bonds is 0. The first-order valence-corrected chi connectivity index (χ1v) is 5.79. The maximum absolute atomic E-state index is 5.94. The van der Waals surface area contributed by atoms with Crippen molar-refractivity contribution >= 4 is 34.8 Å². The Balaban J connectivity index is 2.09. The molecule has 2 fully saturated rings. The summed E-state index contributed by atoms with van der Waals surface area (Å²) in [6, 6.07) is 0. The number of hydrogen-bond donors (Lipinski definition) is 0. The van der Waals surface area contributed by atoms with Crippen molar-refractivity contribution in [3.8, 4) is 0 Å². The van der Waals surface area contributed by atoms with Crippen LogP contribution in [0.1, 0.15) is 32.1 Å². The quantitative estimate of drug-likeness (QED) is 0.545. The third-order valence-corrected chi connectivity index (χ3v) is 4.34. The van der Waals surface area contributed by atoms with Gasteiger partial charge < -0.3 is 0 Å². The molecule has 0 aromatic heterocycles. The van der Waals surface area contributed by atoms with Gasteiger partial charge in [0.15, 0.2) is 3.79 Å². The molecule has 0 bridgehead atoms. The van der Waals surface area contributed by atoms with Gasteiger partial charge in [-0.05, 0) is 31.1 Å². The van der Waals surface area contributed by atoms with Crippen LogP contribution in [0.2, 0.25) is 0 Å². The normalized spacial score (nSPS) is 41.8. The van der Waals surface area contributed by atoms with Gasteiger partial charge in [0.05, 0.1) is 0 Å². The molecule has 0 spiro atoms. The van der Waals surface area contributed by atoms with Crippen molar-refractivity contribution < 1.29 is 0 Å². The van der Waals surface area contributed by atoms with Gasteiger partial charge in [-0.2, -0.15) is 0 Å². The van der Waals surface area contributed by atoms with E-state index in [1.54, 1.807) is 0 Å². The highest BCUT2D eigenvalue weighted by atomic mass is 35.6. The Morgan fingerprint density at radius 2 is 1.67 bits per heavy atom. The van der Waals surface area contributed by atoms with E-state index in [1.165, 1.54) is 25.7 Å². The molecule has 0 saturated heterocycles. The first-order chi connectivity index (χ1) is 5.59. The predicted octanol–water partition coefficient (Wildman–Crippen LogP) is 4.18. The largest absolute Gasteiger partial charge is 0.193 e. The maximum Gasteiger partial charge on any atom is 0.193 e. The van der Waals surface area contributed by atoms with Crippen molar-refractivity contribution in [2.75, 3.05) is 0 Å². The lowest BCUT2D eigenvalue weighted by Gasteiger charge is -2.25. The van der Waals surface area contributed by atoms with E-state index in [9.17, 15) is 0 Å². The van der Waals surface area contributed by atoms with Crippen LogP contribution >= 0.6 is 34.8 Å². The minimum Gasteiger partial charge on any atom is -0.0834 e. The number of halogens is 3. The molecule has 0 amide bonds. The molecule has 0 aromatic carbocycles. The molecule has 3 heteroatoms. The molecule has 0 nitrogen and oxygen atoms in total.